The zero-order valence-electron chi connectivity index (χ0n) is 13.0. The summed E-state index contributed by atoms with van der Waals surface area (Å²) < 4.78 is 0. The fourth-order valence-electron chi connectivity index (χ4n) is 2.20. The van der Waals surface area contributed by atoms with Crippen LogP contribution in [0.25, 0.3) is 0 Å². The molecule has 108 valence electrons. The first-order chi connectivity index (χ1) is 8.16. The summed E-state index contributed by atoms with van der Waals surface area (Å²) in [5.74, 6) is -0.256. The number of carbonyl (C=O) groups excluding carboxylic acids is 1. The number of rotatable bonds is 8. The highest BCUT2D eigenvalue weighted by atomic mass is 17.2. The quantitative estimate of drug-likeness (QED) is 0.361. The smallest absolute Gasteiger partial charge is 0.298 e. The van der Waals surface area contributed by atoms with Crippen molar-refractivity contribution in [3.05, 3.63) is 0 Å². The number of unbranched alkanes of at least 4 members (excludes halogenated alkanes) is 3. The van der Waals surface area contributed by atoms with Gasteiger partial charge in [-0.25, -0.2) is 4.79 Å². The second kappa shape index (κ2) is 7.78. The van der Waals surface area contributed by atoms with Crippen molar-refractivity contribution in [1.82, 2.24) is 0 Å². The highest BCUT2D eigenvalue weighted by molar-refractivity contribution is 5.68. The Hall–Kier alpha value is -0.570. The van der Waals surface area contributed by atoms with Crippen LogP contribution >= 0.6 is 0 Å². The van der Waals surface area contributed by atoms with Crippen LogP contribution in [0, 0.1) is 5.41 Å². The number of hydrogen-bond donors (Lipinski definition) is 0. The Morgan fingerprint density at radius 1 is 1.00 bits per heavy atom. The molecule has 0 unspecified atom stereocenters. The summed E-state index contributed by atoms with van der Waals surface area (Å²) in [6.07, 6.45) is 5.59. The Morgan fingerprint density at radius 2 is 1.61 bits per heavy atom. The Labute approximate surface area is 112 Å². The summed E-state index contributed by atoms with van der Waals surface area (Å²) in [5, 5.41) is 0. The Bertz CT molecular complexity index is 239. The molecular weight excluding hydrogens is 228 g/mol. The third-order valence-corrected chi connectivity index (χ3v) is 2.55. The van der Waals surface area contributed by atoms with Gasteiger partial charge in [0.1, 0.15) is 5.60 Å². The van der Waals surface area contributed by atoms with Gasteiger partial charge < -0.3 is 0 Å². The fourth-order valence-corrected chi connectivity index (χ4v) is 2.20. The summed E-state index contributed by atoms with van der Waals surface area (Å²) in [6.45, 7) is 12.5. The second-order valence-electron chi connectivity index (χ2n) is 6.85. The van der Waals surface area contributed by atoms with Crippen molar-refractivity contribution in [2.24, 2.45) is 5.41 Å². The van der Waals surface area contributed by atoms with Crippen LogP contribution in [0.5, 0.6) is 0 Å². The van der Waals surface area contributed by atoms with Gasteiger partial charge in [-0.15, -0.1) is 0 Å². The van der Waals surface area contributed by atoms with Gasteiger partial charge >= 0.3 is 5.97 Å². The maximum atomic E-state index is 11.5. The van der Waals surface area contributed by atoms with Gasteiger partial charge in [0.05, 0.1) is 0 Å². The van der Waals surface area contributed by atoms with E-state index in [0.717, 1.165) is 19.3 Å². The van der Waals surface area contributed by atoms with Crippen molar-refractivity contribution in [1.29, 1.82) is 0 Å². The van der Waals surface area contributed by atoms with Gasteiger partial charge in [-0.1, -0.05) is 47.0 Å². The van der Waals surface area contributed by atoms with Gasteiger partial charge in [0.2, 0.25) is 0 Å². The summed E-state index contributed by atoms with van der Waals surface area (Å²) in [7, 11) is 0. The molecule has 0 bridgehead atoms. The Balaban J connectivity index is 3.83. The molecule has 18 heavy (non-hydrogen) atoms. The van der Waals surface area contributed by atoms with Crippen molar-refractivity contribution in [3.63, 3.8) is 0 Å². The van der Waals surface area contributed by atoms with E-state index in [2.05, 4.69) is 27.7 Å². The lowest BCUT2D eigenvalue weighted by Crippen LogP contribution is -2.31. The molecular formula is C15H30O3. The third kappa shape index (κ3) is 10.6. The Kier molecular flexibility index (Phi) is 7.53. The molecule has 0 aliphatic carbocycles. The number of hydrogen-bond acceptors (Lipinski definition) is 3. The summed E-state index contributed by atoms with van der Waals surface area (Å²) in [6, 6.07) is 0. The van der Waals surface area contributed by atoms with Gasteiger partial charge in [-0.2, -0.15) is 4.89 Å². The van der Waals surface area contributed by atoms with E-state index in [9.17, 15) is 4.79 Å². The average molecular weight is 258 g/mol. The van der Waals surface area contributed by atoms with E-state index in [0.29, 0.717) is 6.42 Å². The van der Waals surface area contributed by atoms with Crippen molar-refractivity contribution < 1.29 is 14.6 Å². The van der Waals surface area contributed by atoms with E-state index in [-0.39, 0.29) is 11.4 Å². The van der Waals surface area contributed by atoms with Gasteiger partial charge in [-0.05, 0) is 32.1 Å². The highest BCUT2D eigenvalue weighted by Crippen LogP contribution is 2.29. The van der Waals surface area contributed by atoms with Crippen molar-refractivity contribution in [3.8, 4) is 0 Å². The fraction of sp³-hybridized carbons (Fsp3) is 0.933. The summed E-state index contributed by atoms with van der Waals surface area (Å²) in [4.78, 5) is 21.6. The minimum absolute atomic E-state index is 0.150. The molecule has 0 aromatic heterocycles. The largest absolute Gasteiger partial charge is 0.342 e. The van der Waals surface area contributed by atoms with E-state index < -0.39 is 5.60 Å². The lowest BCUT2D eigenvalue weighted by Gasteiger charge is -2.30. The normalized spacial score (nSPS) is 12.6. The molecule has 0 rings (SSSR count). The van der Waals surface area contributed by atoms with Crippen LogP contribution in [0.1, 0.15) is 80.1 Å². The molecule has 0 aromatic carbocycles. The maximum absolute atomic E-state index is 11.5. The van der Waals surface area contributed by atoms with Crippen molar-refractivity contribution in [2.45, 2.75) is 85.7 Å². The molecule has 0 N–H and O–H groups in total. The number of carbonyl (C=O) groups is 1. The highest BCUT2D eigenvalue weighted by Gasteiger charge is 2.28. The van der Waals surface area contributed by atoms with Gasteiger partial charge in [0.15, 0.2) is 0 Å². The first-order valence-corrected chi connectivity index (χ1v) is 7.05. The predicted molar refractivity (Wildman–Crippen MR) is 74.1 cm³/mol. The van der Waals surface area contributed by atoms with E-state index in [4.69, 9.17) is 9.78 Å². The zero-order valence-corrected chi connectivity index (χ0v) is 13.0. The molecule has 0 heterocycles. The topological polar surface area (TPSA) is 35.5 Å². The van der Waals surface area contributed by atoms with Crippen molar-refractivity contribution in [2.75, 3.05) is 0 Å². The molecule has 0 spiro atoms. The van der Waals surface area contributed by atoms with Gasteiger partial charge in [0, 0.05) is 6.42 Å². The molecule has 0 saturated heterocycles. The van der Waals surface area contributed by atoms with Gasteiger partial charge in [0.25, 0.3) is 0 Å². The lowest BCUT2D eigenvalue weighted by molar-refractivity contribution is -0.329. The summed E-state index contributed by atoms with van der Waals surface area (Å²) >= 11 is 0. The van der Waals surface area contributed by atoms with Crippen molar-refractivity contribution >= 4 is 5.97 Å². The standard InChI is InChI=1S/C15H30O3/c1-7-8-9-10-11-13(16)17-18-15(5,6)12-14(2,3)4/h7-12H2,1-6H3. The first-order valence-electron chi connectivity index (χ1n) is 7.05. The van der Waals surface area contributed by atoms with Crippen LogP contribution < -0.4 is 0 Å². The minimum Gasteiger partial charge on any atom is -0.298 e. The molecule has 0 fully saturated rings. The molecule has 0 aliphatic heterocycles. The van der Waals surface area contributed by atoms with Crippen LogP contribution in [-0.2, 0) is 14.6 Å². The van der Waals surface area contributed by atoms with Gasteiger partial charge in [-0.3, -0.25) is 4.89 Å². The monoisotopic (exact) mass is 258 g/mol. The van der Waals surface area contributed by atoms with Crippen LogP contribution in [0.2, 0.25) is 0 Å². The maximum Gasteiger partial charge on any atom is 0.342 e. The molecule has 0 aliphatic rings. The van der Waals surface area contributed by atoms with E-state index in [1.807, 2.05) is 13.8 Å². The van der Waals surface area contributed by atoms with E-state index in [1.54, 1.807) is 0 Å². The van der Waals surface area contributed by atoms with Crippen LogP contribution in [-0.4, -0.2) is 11.6 Å². The summed E-state index contributed by atoms with van der Waals surface area (Å²) in [5.41, 5.74) is -0.283. The Morgan fingerprint density at radius 3 is 2.11 bits per heavy atom. The predicted octanol–water partition coefficient (Wildman–Crippen LogP) is 4.65. The van der Waals surface area contributed by atoms with Crippen LogP contribution in [0.4, 0.5) is 0 Å². The third-order valence-electron chi connectivity index (χ3n) is 2.55. The average Bonchev–Trinajstić information content (AvgIpc) is 2.18. The zero-order chi connectivity index (χ0) is 14.2. The second-order valence-corrected chi connectivity index (χ2v) is 6.85. The SMILES string of the molecule is CCCCCCC(=O)OOC(C)(C)CC(C)(C)C. The van der Waals surface area contributed by atoms with Crippen LogP contribution in [0.15, 0.2) is 0 Å². The molecule has 0 atom stereocenters. The molecule has 0 amide bonds. The molecule has 0 saturated carbocycles. The first kappa shape index (κ1) is 17.4. The molecule has 0 aromatic rings. The molecule has 0 radical (unpaired) electrons. The van der Waals surface area contributed by atoms with E-state index >= 15 is 0 Å². The lowest BCUT2D eigenvalue weighted by atomic mass is 9.84. The molecule has 3 heteroatoms. The minimum atomic E-state index is -0.433. The van der Waals surface area contributed by atoms with E-state index in [1.165, 1.54) is 12.8 Å². The molecule has 3 nitrogen and oxygen atoms in total. The van der Waals surface area contributed by atoms with Crippen LogP contribution in [0.3, 0.4) is 0 Å².